The molecule has 2 aliphatic carbocycles. The van der Waals surface area contributed by atoms with E-state index in [2.05, 4.69) is 404 Å². The predicted molar refractivity (Wildman–Crippen MR) is 461 cm³/mol. The van der Waals surface area contributed by atoms with Gasteiger partial charge in [0.2, 0.25) is 0 Å². The summed E-state index contributed by atoms with van der Waals surface area (Å²) in [7, 11) is 0. The van der Waals surface area contributed by atoms with Crippen molar-refractivity contribution in [1.82, 2.24) is 0 Å². The molecule has 0 bridgehead atoms. The van der Waals surface area contributed by atoms with Crippen LogP contribution in [0.5, 0.6) is 0 Å². The van der Waals surface area contributed by atoms with E-state index in [9.17, 15) is 0 Å². The molecule has 0 heterocycles. The van der Waals surface area contributed by atoms with Gasteiger partial charge in [-0.3, -0.25) is 0 Å². The van der Waals surface area contributed by atoms with Crippen molar-refractivity contribution >= 4 is 64.6 Å². The van der Waals surface area contributed by atoms with Crippen LogP contribution in [0.15, 0.2) is 376 Å². The fraction of sp³-hybridized carbons (Fsp3) is 0.0556. The molecular weight excluding hydrogens is 1300 g/mol. The third-order valence-corrected chi connectivity index (χ3v) is 24.2. The number of benzene rings is 19. The molecule has 0 heteroatoms. The van der Waals surface area contributed by atoms with E-state index in [-0.39, 0.29) is 10.8 Å². The molecule has 0 nitrogen and oxygen atoms in total. The van der Waals surface area contributed by atoms with Crippen LogP contribution < -0.4 is 0 Å². The average molecular weight is 1370 g/mol. The Kier molecular flexibility index (Phi) is 14.5. The van der Waals surface area contributed by atoms with Crippen LogP contribution in [0.25, 0.3) is 198 Å². The molecule has 506 valence electrons. The van der Waals surface area contributed by atoms with E-state index in [1.807, 2.05) is 0 Å². The Balaban J connectivity index is 0.675. The van der Waals surface area contributed by atoms with Crippen LogP contribution in [0, 0.1) is 0 Å². The lowest BCUT2D eigenvalue weighted by atomic mass is 9.78. The largest absolute Gasteiger partial charge is 0.0622 e. The summed E-state index contributed by atoms with van der Waals surface area (Å²) in [5.41, 5.74) is 34.6. The first-order valence-corrected chi connectivity index (χ1v) is 38.0. The molecule has 21 rings (SSSR count). The van der Waals surface area contributed by atoms with Crippen LogP contribution in [-0.4, -0.2) is 0 Å². The van der Waals surface area contributed by atoms with Crippen molar-refractivity contribution in [3.05, 3.63) is 398 Å². The minimum absolute atomic E-state index is 0.288. The highest BCUT2D eigenvalue weighted by atomic mass is 14.4. The summed E-state index contributed by atoms with van der Waals surface area (Å²) < 4.78 is 0. The Morgan fingerprint density at radius 1 is 0.130 bits per heavy atom. The van der Waals surface area contributed by atoms with Crippen molar-refractivity contribution in [3.63, 3.8) is 0 Å². The van der Waals surface area contributed by atoms with Crippen LogP contribution in [-0.2, 0) is 10.8 Å². The van der Waals surface area contributed by atoms with Gasteiger partial charge in [-0.05, 0) is 269 Å². The maximum atomic E-state index is 2.54. The fourth-order valence-corrected chi connectivity index (χ4v) is 19.1. The minimum atomic E-state index is -0.295. The van der Waals surface area contributed by atoms with E-state index < -0.39 is 0 Å². The zero-order chi connectivity index (χ0) is 71.9. The first kappa shape index (κ1) is 63.2. The molecule has 0 saturated heterocycles. The zero-order valence-electron chi connectivity index (χ0n) is 60.8. The van der Waals surface area contributed by atoms with Gasteiger partial charge >= 0.3 is 0 Å². The van der Waals surface area contributed by atoms with Crippen molar-refractivity contribution in [1.29, 1.82) is 0 Å². The summed E-state index contributed by atoms with van der Waals surface area (Å²) in [6.45, 7) is 9.77. The summed E-state index contributed by atoms with van der Waals surface area (Å²) >= 11 is 0. The van der Waals surface area contributed by atoms with E-state index >= 15 is 0 Å². The van der Waals surface area contributed by atoms with Crippen molar-refractivity contribution < 1.29 is 0 Å². The standard InChI is InChI=1S/C108H74/c1-107(2)97-59-73(74-52-56-78-80-58-54-76(62-100(80)108(3,4)98(78)60-74)104-82-44-24-23-43-81(82)101(71-39-19-9-20-40-71)93-63-89(67-31-11-5-12-32-67)90(64-94(93)104)68-33-13-6-14-34-68)51-55-77(97)79-57-53-75(61-99(79)107)103-84-46-26-28-48-86(84)105(87-49-29-27-47-85(87)103)106-88-50-30-25-45-83(88)102(72-41-21-10-22-42-72)95-65-91(69-35-15-7-16-36-69)92(66-96(95)106)70-37-17-8-18-38-70/h5-66H,1-4H3. The molecule has 0 spiro atoms. The minimum Gasteiger partial charge on any atom is -0.0622 e. The molecule has 0 N–H and O–H groups in total. The second-order valence-electron chi connectivity index (χ2n) is 30.8. The number of hydrogen-bond donors (Lipinski definition) is 0. The van der Waals surface area contributed by atoms with Gasteiger partial charge in [0.05, 0.1) is 0 Å². The van der Waals surface area contributed by atoms with Crippen LogP contribution in [0.3, 0.4) is 0 Å². The summed E-state index contributed by atoms with van der Waals surface area (Å²) in [6, 6.07) is 142. The highest BCUT2D eigenvalue weighted by Gasteiger charge is 2.39. The fourth-order valence-electron chi connectivity index (χ4n) is 19.1. The second-order valence-corrected chi connectivity index (χ2v) is 30.8. The van der Waals surface area contributed by atoms with Crippen LogP contribution in [0.4, 0.5) is 0 Å². The van der Waals surface area contributed by atoms with Gasteiger partial charge in [-0.25, -0.2) is 0 Å². The van der Waals surface area contributed by atoms with Gasteiger partial charge in [0, 0.05) is 10.8 Å². The first-order valence-electron chi connectivity index (χ1n) is 38.0. The molecule has 19 aromatic carbocycles. The Morgan fingerprint density at radius 3 is 0.583 bits per heavy atom. The summed E-state index contributed by atoms with van der Waals surface area (Å²) in [6.07, 6.45) is 0. The maximum Gasteiger partial charge on any atom is 0.0159 e. The highest BCUT2D eigenvalue weighted by Crippen LogP contribution is 2.58. The Hall–Kier alpha value is -13.3. The topological polar surface area (TPSA) is 0 Å². The molecule has 0 atom stereocenters. The van der Waals surface area contributed by atoms with Gasteiger partial charge in [-0.2, -0.15) is 0 Å². The predicted octanol–water partition coefficient (Wildman–Crippen LogP) is 29.9. The quantitative estimate of drug-likeness (QED) is 0.120. The van der Waals surface area contributed by atoms with Gasteiger partial charge in [0.15, 0.2) is 0 Å². The molecule has 2 aliphatic rings. The van der Waals surface area contributed by atoms with Gasteiger partial charge in [-0.1, -0.05) is 355 Å². The van der Waals surface area contributed by atoms with Gasteiger partial charge in [0.1, 0.15) is 0 Å². The summed E-state index contributed by atoms with van der Waals surface area (Å²) in [5.74, 6) is 0. The zero-order valence-corrected chi connectivity index (χ0v) is 60.8. The Bertz CT molecular complexity index is 6850. The van der Waals surface area contributed by atoms with Crippen molar-refractivity contribution in [3.8, 4) is 134 Å². The lowest BCUT2D eigenvalue weighted by Gasteiger charge is -2.25. The number of fused-ring (bicyclic) bond motifs is 12. The van der Waals surface area contributed by atoms with E-state index in [0.717, 1.165) is 0 Å². The van der Waals surface area contributed by atoms with Crippen molar-refractivity contribution in [2.24, 2.45) is 0 Å². The first-order chi connectivity index (χ1) is 53.1. The Morgan fingerprint density at radius 2 is 0.315 bits per heavy atom. The number of rotatable bonds is 10. The van der Waals surface area contributed by atoms with Gasteiger partial charge in [0.25, 0.3) is 0 Å². The molecule has 0 saturated carbocycles. The van der Waals surface area contributed by atoms with Gasteiger partial charge in [-0.15, -0.1) is 0 Å². The van der Waals surface area contributed by atoms with E-state index in [1.165, 1.54) is 220 Å². The molecular formula is C108H74. The normalized spacial score (nSPS) is 13.1. The van der Waals surface area contributed by atoms with Crippen LogP contribution >= 0.6 is 0 Å². The molecule has 0 radical (unpaired) electrons. The average Bonchev–Trinajstić information content (AvgIpc) is 0.889. The monoisotopic (exact) mass is 1370 g/mol. The molecule has 0 fully saturated rings. The Labute approximate surface area is 630 Å². The maximum absolute atomic E-state index is 2.54. The smallest absolute Gasteiger partial charge is 0.0159 e. The van der Waals surface area contributed by atoms with E-state index in [0.29, 0.717) is 0 Å². The third-order valence-electron chi connectivity index (χ3n) is 24.2. The van der Waals surface area contributed by atoms with Gasteiger partial charge < -0.3 is 0 Å². The highest BCUT2D eigenvalue weighted by molar-refractivity contribution is 6.31. The van der Waals surface area contributed by atoms with Crippen molar-refractivity contribution in [2.75, 3.05) is 0 Å². The SMILES string of the molecule is CC1(C)c2cc(-c3ccc4c(c3)C(C)(C)c3cc(-c5c6ccccc6c(-c6c7ccccc7c(-c7ccccc7)c7cc(-c8ccccc8)c(-c8ccccc8)cc67)c6ccccc56)ccc3-4)ccc2-c2ccc(-c3c4ccccc4c(-c4ccccc4)c4cc(-c5ccccc5)c(-c5ccccc5)cc34)cc21. The molecule has 108 heavy (non-hydrogen) atoms. The summed E-state index contributed by atoms with van der Waals surface area (Å²) in [5, 5.41) is 14.9. The number of hydrogen-bond acceptors (Lipinski definition) is 0. The van der Waals surface area contributed by atoms with Crippen LogP contribution in [0.1, 0.15) is 49.9 Å². The van der Waals surface area contributed by atoms with E-state index in [4.69, 9.17) is 0 Å². The lowest BCUT2D eigenvalue weighted by Crippen LogP contribution is -2.15. The summed E-state index contributed by atoms with van der Waals surface area (Å²) in [4.78, 5) is 0. The molecule has 0 amide bonds. The van der Waals surface area contributed by atoms with Crippen molar-refractivity contribution in [2.45, 2.75) is 38.5 Å². The molecule has 0 unspecified atom stereocenters. The van der Waals surface area contributed by atoms with E-state index in [1.54, 1.807) is 0 Å². The molecule has 19 aromatic rings. The molecule has 0 aromatic heterocycles. The van der Waals surface area contributed by atoms with Crippen LogP contribution in [0.2, 0.25) is 0 Å². The lowest BCUT2D eigenvalue weighted by molar-refractivity contribution is 0.660. The second kappa shape index (κ2) is 24.7. The third kappa shape index (κ3) is 9.76. The molecule has 0 aliphatic heterocycles.